The predicted molar refractivity (Wildman–Crippen MR) is 92.5 cm³/mol. The first-order chi connectivity index (χ1) is 11.7. The zero-order chi connectivity index (χ0) is 16.5. The van der Waals surface area contributed by atoms with Crippen LogP contribution in [0.5, 0.6) is 0 Å². The number of aromatic nitrogens is 2. The maximum atomic E-state index is 12.7. The Morgan fingerprint density at radius 3 is 2.50 bits per heavy atom. The first-order valence-corrected chi connectivity index (χ1v) is 8.10. The SMILES string of the molecule is O=C(c1ccc2c(=O)n(-c3ccccc3)cnc2c1)N1CCCC1. The third-order valence-corrected chi connectivity index (χ3v) is 4.43. The zero-order valence-corrected chi connectivity index (χ0v) is 13.2. The molecule has 5 nitrogen and oxygen atoms in total. The molecule has 4 rings (SSSR count). The fourth-order valence-electron chi connectivity index (χ4n) is 3.13. The summed E-state index contributed by atoms with van der Waals surface area (Å²) in [5, 5.41) is 0.513. The van der Waals surface area contributed by atoms with Crippen molar-refractivity contribution in [2.24, 2.45) is 0 Å². The van der Waals surface area contributed by atoms with E-state index in [4.69, 9.17) is 0 Å². The molecular formula is C19H17N3O2. The first kappa shape index (κ1) is 14.6. The number of fused-ring (bicyclic) bond motifs is 1. The van der Waals surface area contributed by atoms with Crippen LogP contribution in [0.1, 0.15) is 23.2 Å². The van der Waals surface area contributed by atoms with Crippen LogP contribution in [0.4, 0.5) is 0 Å². The van der Waals surface area contributed by atoms with Crippen molar-refractivity contribution in [3.63, 3.8) is 0 Å². The van der Waals surface area contributed by atoms with Gasteiger partial charge in [-0.15, -0.1) is 0 Å². The summed E-state index contributed by atoms with van der Waals surface area (Å²) in [6, 6.07) is 14.5. The number of likely N-dealkylation sites (tertiary alicyclic amines) is 1. The molecule has 2 heterocycles. The molecule has 0 N–H and O–H groups in total. The highest BCUT2D eigenvalue weighted by atomic mass is 16.2. The van der Waals surface area contributed by atoms with E-state index in [1.165, 1.54) is 10.9 Å². The second kappa shape index (κ2) is 5.92. The van der Waals surface area contributed by atoms with Gasteiger partial charge in [0.1, 0.15) is 6.33 Å². The second-order valence-corrected chi connectivity index (χ2v) is 5.99. The van der Waals surface area contributed by atoms with Crippen molar-refractivity contribution in [1.82, 2.24) is 14.5 Å². The Bertz CT molecular complexity index is 957. The summed E-state index contributed by atoms with van der Waals surface area (Å²) in [5.74, 6) is 0.0171. The summed E-state index contributed by atoms with van der Waals surface area (Å²) in [7, 11) is 0. The maximum Gasteiger partial charge on any atom is 0.265 e. The number of benzene rings is 2. The summed E-state index contributed by atoms with van der Waals surface area (Å²) in [5.41, 5.74) is 1.78. The van der Waals surface area contributed by atoms with Gasteiger partial charge in [0.05, 0.1) is 16.6 Å². The van der Waals surface area contributed by atoms with Crippen molar-refractivity contribution in [2.75, 3.05) is 13.1 Å². The highest BCUT2D eigenvalue weighted by Gasteiger charge is 2.20. The quantitative estimate of drug-likeness (QED) is 0.729. The first-order valence-electron chi connectivity index (χ1n) is 8.10. The smallest absolute Gasteiger partial charge is 0.265 e. The molecule has 24 heavy (non-hydrogen) atoms. The number of carbonyl (C=O) groups excluding carboxylic acids is 1. The molecule has 0 bridgehead atoms. The molecular weight excluding hydrogens is 302 g/mol. The normalized spacial score (nSPS) is 14.2. The molecule has 3 aromatic rings. The molecule has 120 valence electrons. The van der Waals surface area contributed by atoms with Gasteiger partial charge in [0.25, 0.3) is 11.5 Å². The summed E-state index contributed by atoms with van der Waals surface area (Å²) >= 11 is 0. The minimum atomic E-state index is -0.133. The number of carbonyl (C=O) groups is 1. The van der Waals surface area contributed by atoms with Gasteiger partial charge < -0.3 is 4.90 Å². The number of para-hydroxylation sites is 1. The third-order valence-electron chi connectivity index (χ3n) is 4.43. The van der Waals surface area contributed by atoms with E-state index in [-0.39, 0.29) is 11.5 Å². The molecule has 1 saturated heterocycles. The minimum absolute atomic E-state index is 0.0171. The van der Waals surface area contributed by atoms with Crippen LogP contribution < -0.4 is 5.56 Å². The molecule has 0 radical (unpaired) electrons. The van der Waals surface area contributed by atoms with E-state index in [1.807, 2.05) is 35.2 Å². The molecule has 0 saturated carbocycles. The van der Waals surface area contributed by atoms with Crippen LogP contribution in [0.15, 0.2) is 59.7 Å². The second-order valence-electron chi connectivity index (χ2n) is 5.99. The molecule has 2 aromatic carbocycles. The largest absolute Gasteiger partial charge is 0.339 e. The maximum absolute atomic E-state index is 12.7. The fraction of sp³-hybridized carbons (Fsp3) is 0.211. The van der Waals surface area contributed by atoms with Crippen LogP contribution in [0.25, 0.3) is 16.6 Å². The van der Waals surface area contributed by atoms with Crippen LogP contribution in [-0.2, 0) is 0 Å². The number of nitrogens with zero attached hydrogens (tertiary/aromatic N) is 3. The average molecular weight is 319 g/mol. The van der Waals surface area contributed by atoms with Crippen LogP contribution in [0, 0.1) is 0 Å². The molecule has 5 heteroatoms. The van der Waals surface area contributed by atoms with Crippen molar-refractivity contribution in [1.29, 1.82) is 0 Å². The monoisotopic (exact) mass is 319 g/mol. The number of hydrogen-bond donors (Lipinski definition) is 0. The highest BCUT2D eigenvalue weighted by Crippen LogP contribution is 2.16. The lowest BCUT2D eigenvalue weighted by molar-refractivity contribution is 0.0793. The van der Waals surface area contributed by atoms with E-state index in [9.17, 15) is 9.59 Å². The van der Waals surface area contributed by atoms with Gasteiger partial charge in [0, 0.05) is 18.7 Å². The van der Waals surface area contributed by atoms with E-state index in [0.717, 1.165) is 31.6 Å². The van der Waals surface area contributed by atoms with Gasteiger partial charge in [-0.25, -0.2) is 4.98 Å². The van der Waals surface area contributed by atoms with Gasteiger partial charge in [-0.1, -0.05) is 18.2 Å². The lowest BCUT2D eigenvalue weighted by Gasteiger charge is -2.15. The summed E-state index contributed by atoms with van der Waals surface area (Å²) in [6.07, 6.45) is 3.63. The van der Waals surface area contributed by atoms with E-state index in [1.54, 1.807) is 18.2 Å². The van der Waals surface area contributed by atoms with Gasteiger partial charge in [-0.05, 0) is 43.2 Å². The number of rotatable bonds is 2. The Labute approximate surface area is 139 Å². The summed E-state index contributed by atoms with van der Waals surface area (Å²) in [4.78, 5) is 31.4. The van der Waals surface area contributed by atoms with Gasteiger partial charge in [-0.2, -0.15) is 0 Å². The molecule has 1 aromatic heterocycles. The standard InChI is InChI=1S/C19H17N3O2/c23-18(21-10-4-5-11-21)14-8-9-16-17(12-14)20-13-22(19(16)24)15-6-2-1-3-7-15/h1-3,6-9,12-13H,4-5,10-11H2. The lowest BCUT2D eigenvalue weighted by atomic mass is 10.1. The van der Waals surface area contributed by atoms with Gasteiger partial charge in [0.2, 0.25) is 0 Å². The average Bonchev–Trinajstić information content (AvgIpc) is 3.16. The molecule has 1 fully saturated rings. The molecule has 0 spiro atoms. The Hall–Kier alpha value is -2.95. The van der Waals surface area contributed by atoms with Crippen LogP contribution in [0.3, 0.4) is 0 Å². The van der Waals surface area contributed by atoms with E-state index in [2.05, 4.69) is 4.98 Å². The third kappa shape index (κ3) is 2.48. The molecule has 1 aliphatic heterocycles. The van der Waals surface area contributed by atoms with Crippen LogP contribution >= 0.6 is 0 Å². The molecule has 1 amide bonds. The van der Waals surface area contributed by atoms with Crippen molar-refractivity contribution in [3.05, 3.63) is 70.8 Å². The molecule has 0 unspecified atom stereocenters. The van der Waals surface area contributed by atoms with Crippen molar-refractivity contribution >= 4 is 16.8 Å². The van der Waals surface area contributed by atoms with Gasteiger partial charge in [-0.3, -0.25) is 14.2 Å². The Morgan fingerprint density at radius 2 is 1.75 bits per heavy atom. The summed E-state index contributed by atoms with van der Waals surface area (Å²) < 4.78 is 1.52. The van der Waals surface area contributed by atoms with Gasteiger partial charge >= 0.3 is 0 Å². The number of amides is 1. The minimum Gasteiger partial charge on any atom is -0.339 e. The lowest BCUT2D eigenvalue weighted by Crippen LogP contribution is -2.27. The van der Waals surface area contributed by atoms with Crippen molar-refractivity contribution < 1.29 is 4.79 Å². The summed E-state index contributed by atoms with van der Waals surface area (Å²) in [6.45, 7) is 1.61. The van der Waals surface area contributed by atoms with E-state index < -0.39 is 0 Å². The van der Waals surface area contributed by atoms with Crippen molar-refractivity contribution in [3.8, 4) is 5.69 Å². The number of hydrogen-bond acceptors (Lipinski definition) is 3. The molecule has 0 atom stereocenters. The van der Waals surface area contributed by atoms with Crippen LogP contribution in [0.2, 0.25) is 0 Å². The zero-order valence-electron chi connectivity index (χ0n) is 13.2. The van der Waals surface area contributed by atoms with Crippen LogP contribution in [-0.4, -0.2) is 33.4 Å². The van der Waals surface area contributed by atoms with E-state index in [0.29, 0.717) is 16.5 Å². The Kier molecular flexibility index (Phi) is 3.61. The topological polar surface area (TPSA) is 55.2 Å². The molecule has 0 aliphatic carbocycles. The highest BCUT2D eigenvalue weighted by molar-refractivity contribution is 5.97. The predicted octanol–water partition coefficient (Wildman–Crippen LogP) is 2.62. The Balaban J connectivity index is 1.77. The Morgan fingerprint density at radius 1 is 1.00 bits per heavy atom. The fourth-order valence-corrected chi connectivity index (χ4v) is 3.13. The van der Waals surface area contributed by atoms with Crippen molar-refractivity contribution in [2.45, 2.75) is 12.8 Å². The molecule has 1 aliphatic rings. The van der Waals surface area contributed by atoms with Gasteiger partial charge in [0.15, 0.2) is 0 Å². The van der Waals surface area contributed by atoms with E-state index >= 15 is 0 Å².